The lowest BCUT2D eigenvalue weighted by atomic mass is 10.0. The first kappa shape index (κ1) is 19.2. The summed E-state index contributed by atoms with van der Waals surface area (Å²) in [6, 6.07) is 18.6. The number of rotatable bonds is 7. The van der Waals surface area contributed by atoms with E-state index in [0.717, 1.165) is 11.1 Å². The minimum Gasteiger partial charge on any atom is -0.347 e. The van der Waals surface area contributed by atoms with Gasteiger partial charge in [-0.3, -0.25) is 9.59 Å². The molecule has 1 N–H and O–H groups in total. The van der Waals surface area contributed by atoms with Gasteiger partial charge in [0.1, 0.15) is 0 Å². The molecule has 0 heterocycles. The van der Waals surface area contributed by atoms with Crippen molar-refractivity contribution in [3.8, 4) is 6.07 Å². The Morgan fingerprint density at radius 1 is 1.12 bits per heavy atom. The van der Waals surface area contributed by atoms with E-state index in [2.05, 4.69) is 11.4 Å². The van der Waals surface area contributed by atoms with Crippen LogP contribution in [0, 0.1) is 11.3 Å². The molecule has 0 aromatic heterocycles. The van der Waals surface area contributed by atoms with Crippen LogP contribution >= 0.6 is 0 Å². The molecule has 0 saturated carbocycles. The zero-order valence-corrected chi connectivity index (χ0v) is 15.1. The molecule has 0 aliphatic carbocycles. The fourth-order valence-electron chi connectivity index (χ4n) is 2.80. The van der Waals surface area contributed by atoms with Crippen molar-refractivity contribution in [3.63, 3.8) is 0 Å². The lowest BCUT2D eigenvalue weighted by molar-refractivity contribution is -0.134. The maximum atomic E-state index is 12.5. The van der Waals surface area contributed by atoms with Crippen LogP contribution < -0.4 is 5.32 Å². The molecular weight excluding hydrogens is 326 g/mol. The van der Waals surface area contributed by atoms with Gasteiger partial charge in [0.25, 0.3) is 0 Å². The Morgan fingerprint density at radius 3 is 2.35 bits per heavy atom. The number of likely N-dealkylation sites (N-methyl/N-ethyl adjacent to an activating group) is 1. The highest BCUT2D eigenvalue weighted by Gasteiger charge is 2.20. The van der Waals surface area contributed by atoms with Gasteiger partial charge in [-0.25, -0.2) is 0 Å². The third-order valence-corrected chi connectivity index (χ3v) is 4.30. The van der Waals surface area contributed by atoms with Crippen LogP contribution in [0.3, 0.4) is 0 Å². The quantitative estimate of drug-likeness (QED) is 0.835. The first-order valence-corrected chi connectivity index (χ1v) is 8.65. The largest absolute Gasteiger partial charge is 0.347 e. The molecule has 2 rings (SSSR count). The smallest absolute Gasteiger partial charge is 0.242 e. The molecule has 1 atom stereocenters. The maximum Gasteiger partial charge on any atom is 0.242 e. The number of nitrogens with zero attached hydrogens (tertiary/aromatic N) is 2. The number of nitrogens with one attached hydrogen (secondary N) is 1. The zero-order chi connectivity index (χ0) is 18.9. The van der Waals surface area contributed by atoms with Crippen molar-refractivity contribution in [1.82, 2.24) is 10.2 Å². The topological polar surface area (TPSA) is 73.2 Å². The van der Waals surface area contributed by atoms with Crippen molar-refractivity contribution in [2.24, 2.45) is 0 Å². The normalized spacial score (nSPS) is 11.3. The molecule has 0 bridgehead atoms. The highest BCUT2D eigenvalue weighted by Crippen LogP contribution is 2.20. The lowest BCUT2D eigenvalue weighted by Gasteiger charge is -2.28. The van der Waals surface area contributed by atoms with Crippen molar-refractivity contribution in [1.29, 1.82) is 5.26 Å². The molecule has 26 heavy (non-hydrogen) atoms. The van der Waals surface area contributed by atoms with Gasteiger partial charge < -0.3 is 10.2 Å². The molecule has 0 unspecified atom stereocenters. The zero-order valence-electron chi connectivity index (χ0n) is 15.1. The monoisotopic (exact) mass is 349 g/mol. The van der Waals surface area contributed by atoms with E-state index in [0.29, 0.717) is 12.1 Å². The fourth-order valence-corrected chi connectivity index (χ4v) is 2.80. The summed E-state index contributed by atoms with van der Waals surface area (Å²) in [5.41, 5.74) is 2.45. The van der Waals surface area contributed by atoms with E-state index >= 15 is 0 Å². The average molecular weight is 349 g/mol. The van der Waals surface area contributed by atoms with Crippen LogP contribution in [0.5, 0.6) is 0 Å². The molecule has 0 radical (unpaired) electrons. The number of carbonyl (C=O) groups is 2. The van der Waals surface area contributed by atoms with Gasteiger partial charge in [-0.15, -0.1) is 0 Å². The first-order valence-electron chi connectivity index (χ1n) is 8.65. The van der Waals surface area contributed by atoms with Crippen molar-refractivity contribution >= 4 is 11.8 Å². The number of amides is 2. The number of hydrogen-bond acceptors (Lipinski definition) is 3. The summed E-state index contributed by atoms with van der Waals surface area (Å²) in [5, 5.41) is 11.6. The molecule has 0 fully saturated rings. The van der Waals surface area contributed by atoms with Gasteiger partial charge in [0.15, 0.2) is 0 Å². The third kappa shape index (κ3) is 5.18. The van der Waals surface area contributed by atoms with Crippen LogP contribution in [-0.4, -0.2) is 29.8 Å². The summed E-state index contributed by atoms with van der Waals surface area (Å²) in [7, 11) is 0. The number of hydrogen-bond donors (Lipinski definition) is 1. The minimum atomic E-state index is -0.174. The Hall–Kier alpha value is -3.13. The van der Waals surface area contributed by atoms with E-state index in [1.165, 1.54) is 0 Å². The Bertz CT molecular complexity index is 779. The van der Waals surface area contributed by atoms with Crippen molar-refractivity contribution in [3.05, 3.63) is 71.3 Å². The van der Waals surface area contributed by atoms with Gasteiger partial charge in [-0.2, -0.15) is 5.26 Å². The second kappa shape index (κ2) is 9.38. The van der Waals surface area contributed by atoms with Crippen molar-refractivity contribution < 1.29 is 9.59 Å². The second-order valence-corrected chi connectivity index (χ2v) is 6.03. The number of nitriles is 1. The molecule has 2 aromatic carbocycles. The summed E-state index contributed by atoms with van der Waals surface area (Å²) in [4.78, 5) is 26.3. The minimum absolute atomic E-state index is 0.0277. The van der Waals surface area contributed by atoms with Gasteiger partial charge in [0.2, 0.25) is 11.8 Å². The lowest BCUT2D eigenvalue weighted by Crippen LogP contribution is -2.41. The molecule has 2 amide bonds. The van der Waals surface area contributed by atoms with Crippen LogP contribution in [0.4, 0.5) is 0 Å². The van der Waals surface area contributed by atoms with Gasteiger partial charge >= 0.3 is 0 Å². The SMILES string of the molecule is CCN(C(=O)CNC(=O)Cc1ccccc1)[C@@H](C)c1ccc(C#N)cc1. The molecule has 0 aliphatic rings. The van der Waals surface area contributed by atoms with E-state index in [1.807, 2.05) is 56.3 Å². The van der Waals surface area contributed by atoms with E-state index in [-0.39, 0.29) is 30.8 Å². The van der Waals surface area contributed by atoms with Crippen molar-refractivity contribution in [2.75, 3.05) is 13.1 Å². The maximum absolute atomic E-state index is 12.5. The Kier molecular flexibility index (Phi) is 6.92. The van der Waals surface area contributed by atoms with Crippen molar-refractivity contribution in [2.45, 2.75) is 26.3 Å². The third-order valence-electron chi connectivity index (χ3n) is 4.30. The molecule has 134 valence electrons. The molecule has 0 spiro atoms. The van der Waals surface area contributed by atoms with Crippen LogP contribution in [-0.2, 0) is 16.0 Å². The Morgan fingerprint density at radius 2 is 1.77 bits per heavy atom. The molecule has 2 aromatic rings. The first-order chi connectivity index (χ1) is 12.5. The van der Waals surface area contributed by atoms with E-state index in [9.17, 15) is 9.59 Å². The fraction of sp³-hybridized carbons (Fsp3) is 0.286. The van der Waals surface area contributed by atoms with Gasteiger partial charge in [0.05, 0.1) is 30.6 Å². The van der Waals surface area contributed by atoms with Crippen LogP contribution in [0.15, 0.2) is 54.6 Å². The van der Waals surface area contributed by atoms with E-state index in [4.69, 9.17) is 5.26 Å². The van der Waals surface area contributed by atoms with Gasteiger partial charge in [-0.1, -0.05) is 42.5 Å². The average Bonchev–Trinajstić information content (AvgIpc) is 2.67. The van der Waals surface area contributed by atoms with E-state index in [1.54, 1.807) is 17.0 Å². The summed E-state index contributed by atoms with van der Waals surface area (Å²) < 4.78 is 0. The summed E-state index contributed by atoms with van der Waals surface area (Å²) in [6.07, 6.45) is 0.255. The predicted octanol–water partition coefficient (Wildman–Crippen LogP) is 2.83. The summed E-state index contributed by atoms with van der Waals surface area (Å²) in [6.45, 7) is 4.35. The molecule has 5 heteroatoms. The molecular formula is C21H23N3O2. The standard InChI is InChI=1S/C21H23N3O2/c1-3-24(16(2)19-11-9-18(14-22)10-12-19)21(26)15-23-20(25)13-17-7-5-4-6-8-17/h4-12,16H,3,13,15H2,1-2H3,(H,23,25)/t16-/m0/s1. The van der Waals surface area contributed by atoms with E-state index < -0.39 is 0 Å². The Balaban J connectivity index is 1.92. The van der Waals surface area contributed by atoms with Crippen LogP contribution in [0.2, 0.25) is 0 Å². The van der Waals surface area contributed by atoms with Crippen LogP contribution in [0.25, 0.3) is 0 Å². The molecule has 0 saturated heterocycles. The summed E-state index contributed by atoms with van der Waals surface area (Å²) >= 11 is 0. The van der Waals surface area contributed by atoms with Gasteiger partial charge in [-0.05, 0) is 37.1 Å². The second-order valence-electron chi connectivity index (χ2n) is 6.03. The predicted molar refractivity (Wildman–Crippen MR) is 100 cm³/mol. The number of carbonyl (C=O) groups excluding carboxylic acids is 2. The van der Waals surface area contributed by atoms with Gasteiger partial charge in [0, 0.05) is 6.54 Å². The molecule has 5 nitrogen and oxygen atoms in total. The highest BCUT2D eigenvalue weighted by atomic mass is 16.2. The highest BCUT2D eigenvalue weighted by molar-refractivity contribution is 5.86. The molecule has 0 aliphatic heterocycles. The number of benzene rings is 2. The van der Waals surface area contributed by atoms with Crippen LogP contribution in [0.1, 0.15) is 36.6 Å². The Labute approximate surface area is 154 Å². The summed E-state index contributed by atoms with van der Waals surface area (Å²) in [5.74, 6) is -0.308.